The van der Waals surface area contributed by atoms with Crippen LogP contribution < -0.4 is 25.4 Å². The molecular formula is C16H27N5O2+2. The smallest absolute Gasteiger partial charge is 0.321 e. The van der Waals surface area contributed by atoms with Crippen LogP contribution in [0.2, 0.25) is 0 Å². The van der Waals surface area contributed by atoms with Crippen LogP contribution in [0.5, 0.6) is 0 Å². The first kappa shape index (κ1) is 17.2. The van der Waals surface area contributed by atoms with Crippen LogP contribution in [0, 0.1) is 0 Å². The number of rotatable bonds is 4. The minimum atomic E-state index is -0.422. The molecule has 0 unspecified atom stereocenters. The van der Waals surface area contributed by atoms with Crippen LogP contribution in [-0.4, -0.2) is 50.2 Å². The third-order valence-corrected chi connectivity index (χ3v) is 4.10. The van der Waals surface area contributed by atoms with Crippen molar-refractivity contribution in [3.63, 3.8) is 0 Å². The summed E-state index contributed by atoms with van der Waals surface area (Å²) in [7, 11) is 0. The highest BCUT2D eigenvalue weighted by atomic mass is 16.2. The number of hydrogen-bond donors (Lipinski definition) is 3. The maximum absolute atomic E-state index is 12.2. The number of quaternary nitrogens is 1. The zero-order valence-electron chi connectivity index (χ0n) is 14.1. The van der Waals surface area contributed by atoms with E-state index in [1.54, 1.807) is 0 Å². The van der Waals surface area contributed by atoms with Crippen LogP contribution in [0.25, 0.3) is 0 Å². The fraction of sp³-hybridized carbons (Fsp3) is 0.562. The summed E-state index contributed by atoms with van der Waals surface area (Å²) in [5, 5.41) is 5.09. The highest BCUT2D eigenvalue weighted by Gasteiger charge is 2.32. The van der Waals surface area contributed by atoms with E-state index in [2.05, 4.69) is 26.6 Å². The summed E-state index contributed by atoms with van der Waals surface area (Å²) in [6.07, 6.45) is 1.91. The monoisotopic (exact) mass is 321 g/mol. The van der Waals surface area contributed by atoms with E-state index in [0.717, 1.165) is 32.0 Å². The Kier molecular flexibility index (Phi) is 5.92. The van der Waals surface area contributed by atoms with Crippen LogP contribution in [0.3, 0.4) is 0 Å². The molecule has 0 spiro atoms. The number of aromatic nitrogens is 1. The average Bonchev–Trinajstić information content (AvgIpc) is 2.54. The number of nitrogens with zero attached hydrogens (tertiary/aromatic N) is 1. The number of H-pyrrole nitrogens is 1. The number of pyridine rings is 1. The van der Waals surface area contributed by atoms with Gasteiger partial charge in [-0.05, 0) is 26.8 Å². The van der Waals surface area contributed by atoms with Gasteiger partial charge in [0.2, 0.25) is 0 Å². The lowest BCUT2D eigenvalue weighted by atomic mass is 10.2. The van der Waals surface area contributed by atoms with E-state index in [1.807, 2.05) is 39.1 Å². The summed E-state index contributed by atoms with van der Waals surface area (Å²) >= 11 is 0. The molecule has 3 amide bonds. The Morgan fingerprint density at radius 3 is 2.48 bits per heavy atom. The van der Waals surface area contributed by atoms with Crippen molar-refractivity contribution in [2.75, 3.05) is 31.1 Å². The molecule has 4 N–H and O–H groups in total. The highest BCUT2D eigenvalue weighted by molar-refractivity contribution is 5.96. The Bertz CT molecular complexity index is 527. The second-order valence-electron chi connectivity index (χ2n) is 6.23. The fourth-order valence-corrected chi connectivity index (χ4v) is 2.75. The number of urea groups is 1. The molecule has 7 nitrogen and oxygen atoms in total. The van der Waals surface area contributed by atoms with E-state index in [0.29, 0.717) is 0 Å². The van der Waals surface area contributed by atoms with Crippen molar-refractivity contribution >= 4 is 17.8 Å². The predicted molar refractivity (Wildman–Crippen MR) is 87.2 cm³/mol. The Morgan fingerprint density at radius 1 is 1.22 bits per heavy atom. The number of amides is 3. The third-order valence-electron chi connectivity index (χ3n) is 4.10. The van der Waals surface area contributed by atoms with Crippen LogP contribution in [0.4, 0.5) is 10.6 Å². The number of carbonyl (C=O) groups is 2. The predicted octanol–water partition coefficient (Wildman–Crippen LogP) is -1.17. The van der Waals surface area contributed by atoms with Crippen LogP contribution >= 0.6 is 0 Å². The van der Waals surface area contributed by atoms with Gasteiger partial charge in [-0.1, -0.05) is 6.07 Å². The molecule has 1 aromatic heterocycles. The topological polar surface area (TPSA) is 80.0 Å². The molecule has 0 bridgehead atoms. The Morgan fingerprint density at radius 2 is 1.91 bits per heavy atom. The lowest BCUT2D eigenvalue weighted by Gasteiger charge is -2.31. The summed E-state index contributed by atoms with van der Waals surface area (Å²) in [5.41, 5.74) is 0. The van der Waals surface area contributed by atoms with Crippen molar-refractivity contribution in [1.82, 2.24) is 10.6 Å². The summed E-state index contributed by atoms with van der Waals surface area (Å²) < 4.78 is 0. The molecule has 0 aromatic carbocycles. The van der Waals surface area contributed by atoms with Gasteiger partial charge in [0.1, 0.15) is 26.2 Å². The number of nitrogens with one attached hydrogen (secondary N) is 4. The van der Waals surface area contributed by atoms with Crippen molar-refractivity contribution in [1.29, 1.82) is 0 Å². The van der Waals surface area contributed by atoms with E-state index in [9.17, 15) is 9.59 Å². The summed E-state index contributed by atoms with van der Waals surface area (Å²) in [4.78, 5) is 30.5. The Hall–Kier alpha value is -2.15. The zero-order chi connectivity index (χ0) is 16.8. The largest absolute Gasteiger partial charge is 0.336 e. The van der Waals surface area contributed by atoms with Crippen LogP contribution in [0.1, 0.15) is 20.8 Å². The summed E-state index contributed by atoms with van der Waals surface area (Å²) in [5.74, 6) is 0.873. The number of piperazine rings is 1. The molecule has 126 valence electrons. The second-order valence-corrected chi connectivity index (χ2v) is 6.23. The quantitative estimate of drug-likeness (QED) is 0.654. The van der Waals surface area contributed by atoms with Crippen molar-refractivity contribution in [2.45, 2.75) is 32.9 Å². The minimum absolute atomic E-state index is 0.0103. The van der Waals surface area contributed by atoms with Gasteiger partial charge in [-0.3, -0.25) is 15.0 Å². The van der Waals surface area contributed by atoms with E-state index < -0.39 is 6.03 Å². The summed E-state index contributed by atoms with van der Waals surface area (Å²) in [6.45, 7) is 9.08. The van der Waals surface area contributed by atoms with Crippen molar-refractivity contribution in [3.8, 4) is 0 Å². The SMILES string of the molecule is CC(C)NC(=O)NC(=O)[C@H](C)[NH+]1CCN(c2cccc[nH+]2)CC1. The molecule has 2 rings (SSSR count). The second kappa shape index (κ2) is 7.92. The Labute approximate surface area is 137 Å². The molecule has 1 atom stereocenters. The lowest BCUT2D eigenvalue weighted by Crippen LogP contribution is -3.19. The average molecular weight is 321 g/mol. The van der Waals surface area contributed by atoms with Crippen molar-refractivity contribution < 1.29 is 19.5 Å². The molecule has 0 aliphatic carbocycles. The number of anilines is 1. The van der Waals surface area contributed by atoms with Gasteiger partial charge in [0.25, 0.3) is 11.7 Å². The highest BCUT2D eigenvalue weighted by Crippen LogP contribution is 2.04. The molecule has 2 heterocycles. The van der Waals surface area contributed by atoms with Gasteiger partial charge in [-0.2, -0.15) is 0 Å². The van der Waals surface area contributed by atoms with Gasteiger partial charge in [0.15, 0.2) is 6.04 Å². The van der Waals surface area contributed by atoms with Gasteiger partial charge in [-0.25, -0.2) is 9.78 Å². The molecule has 7 heteroatoms. The standard InChI is InChI=1S/C16H25N5O2/c1-12(2)18-16(23)19-15(22)13(3)20-8-10-21(11-9-20)14-6-4-5-7-17-14/h4-7,12-13H,8-11H2,1-3H3,(H2,18,19,22,23)/p+2/t13-/m0/s1. The molecule has 1 aliphatic rings. The van der Waals surface area contributed by atoms with Gasteiger partial charge in [0.05, 0.1) is 6.20 Å². The number of imide groups is 1. The Balaban J connectivity index is 1.82. The molecule has 1 aromatic rings. The molecular weight excluding hydrogens is 294 g/mol. The van der Waals surface area contributed by atoms with Gasteiger partial charge in [0, 0.05) is 12.1 Å². The minimum Gasteiger partial charge on any atom is -0.336 e. The lowest BCUT2D eigenvalue weighted by molar-refractivity contribution is -0.914. The van der Waals surface area contributed by atoms with E-state index >= 15 is 0 Å². The number of carbonyl (C=O) groups excluding carboxylic acids is 2. The van der Waals surface area contributed by atoms with Gasteiger partial charge in [-0.15, -0.1) is 0 Å². The number of hydrogen-bond acceptors (Lipinski definition) is 3. The molecule has 1 fully saturated rings. The van der Waals surface area contributed by atoms with Crippen LogP contribution in [-0.2, 0) is 4.79 Å². The van der Waals surface area contributed by atoms with E-state index in [-0.39, 0.29) is 18.0 Å². The summed E-state index contributed by atoms with van der Waals surface area (Å²) in [6, 6.07) is 5.37. The first-order valence-corrected chi connectivity index (χ1v) is 8.15. The van der Waals surface area contributed by atoms with Gasteiger partial charge >= 0.3 is 6.03 Å². The van der Waals surface area contributed by atoms with Crippen molar-refractivity contribution in [2.24, 2.45) is 0 Å². The third kappa shape index (κ3) is 4.92. The maximum Gasteiger partial charge on any atom is 0.321 e. The zero-order valence-corrected chi connectivity index (χ0v) is 14.1. The van der Waals surface area contributed by atoms with Crippen molar-refractivity contribution in [3.05, 3.63) is 24.4 Å². The van der Waals surface area contributed by atoms with Gasteiger partial charge < -0.3 is 10.2 Å². The normalized spacial score (nSPS) is 17.0. The molecule has 0 radical (unpaired) electrons. The molecule has 23 heavy (non-hydrogen) atoms. The fourth-order valence-electron chi connectivity index (χ4n) is 2.75. The number of aromatic amines is 1. The van der Waals surface area contributed by atoms with E-state index in [4.69, 9.17) is 0 Å². The first-order valence-electron chi connectivity index (χ1n) is 8.15. The maximum atomic E-state index is 12.2. The molecule has 1 saturated heterocycles. The van der Waals surface area contributed by atoms with E-state index in [1.165, 1.54) is 4.90 Å². The molecule has 1 aliphatic heterocycles. The van der Waals surface area contributed by atoms with Crippen LogP contribution in [0.15, 0.2) is 24.4 Å². The molecule has 0 saturated carbocycles. The first-order chi connectivity index (χ1) is 11.0.